The van der Waals surface area contributed by atoms with Crippen LogP contribution in [0.3, 0.4) is 0 Å². The van der Waals surface area contributed by atoms with E-state index in [9.17, 15) is 18.8 Å². The van der Waals surface area contributed by atoms with Crippen molar-refractivity contribution in [1.82, 2.24) is 5.32 Å². The van der Waals surface area contributed by atoms with Crippen LogP contribution in [0.1, 0.15) is 11.1 Å². The van der Waals surface area contributed by atoms with Gasteiger partial charge in [0.25, 0.3) is 11.8 Å². The molecule has 3 aromatic rings. The lowest BCUT2D eigenvalue weighted by molar-refractivity contribution is -0.122. The number of amides is 4. The first kappa shape index (κ1) is 22.7. The minimum atomic E-state index is -0.880. The van der Waals surface area contributed by atoms with Gasteiger partial charge in [-0.05, 0) is 48.5 Å². The normalized spacial score (nSPS) is 15.1. The standard InChI is InChI=1S/C24H15BrClFN2O4/c25-16-8-9-21(33-13-14-4-1-2-7-20(14)27)15(10-16)11-19-22(30)28-24(32)29(23(19)31)18-6-3-5-17(26)12-18/h1-12H,13H2,(H,28,30,32)/b19-11+. The van der Waals surface area contributed by atoms with E-state index in [1.807, 2.05) is 0 Å². The lowest BCUT2D eigenvalue weighted by Crippen LogP contribution is -2.54. The van der Waals surface area contributed by atoms with E-state index >= 15 is 0 Å². The SMILES string of the molecule is O=C1NC(=O)N(c2cccc(Cl)c2)C(=O)/C1=C/c1cc(Br)ccc1OCc1ccccc1F. The van der Waals surface area contributed by atoms with Gasteiger partial charge in [0.1, 0.15) is 23.7 Å². The van der Waals surface area contributed by atoms with E-state index in [0.29, 0.717) is 26.4 Å². The zero-order valence-corrected chi connectivity index (χ0v) is 19.2. The number of urea groups is 1. The van der Waals surface area contributed by atoms with Crippen LogP contribution in [0.15, 0.2) is 76.8 Å². The molecule has 0 spiro atoms. The lowest BCUT2D eigenvalue weighted by atomic mass is 10.1. The maximum atomic E-state index is 14.0. The third kappa shape index (κ3) is 4.97. The third-order valence-electron chi connectivity index (χ3n) is 4.78. The molecule has 0 bridgehead atoms. The Kier molecular flexibility index (Phi) is 6.57. The lowest BCUT2D eigenvalue weighted by Gasteiger charge is -2.26. The molecule has 0 atom stereocenters. The Balaban J connectivity index is 1.69. The number of barbiturate groups is 1. The maximum Gasteiger partial charge on any atom is 0.335 e. The second-order valence-electron chi connectivity index (χ2n) is 7.00. The number of anilines is 1. The summed E-state index contributed by atoms with van der Waals surface area (Å²) >= 11 is 9.34. The van der Waals surface area contributed by atoms with Crippen molar-refractivity contribution in [2.75, 3.05) is 4.90 Å². The van der Waals surface area contributed by atoms with E-state index in [2.05, 4.69) is 21.2 Å². The highest BCUT2D eigenvalue weighted by Crippen LogP contribution is 2.29. The third-order valence-corrected chi connectivity index (χ3v) is 5.51. The number of nitrogens with one attached hydrogen (secondary N) is 1. The van der Waals surface area contributed by atoms with Crippen LogP contribution in [-0.4, -0.2) is 17.8 Å². The molecule has 4 amide bonds. The van der Waals surface area contributed by atoms with Crippen LogP contribution in [0.4, 0.5) is 14.9 Å². The summed E-state index contributed by atoms with van der Waals surface area (Å²) in [6.45, 7) is -0.0578. The van der Waals surface area contributed by atoms with Crippen molar-refractivity contribution >= 4 is 57.1 Å². The first-order chi connectivity index (χ1) is 15.8. The number of ether oxygens (including phenoxy) is 1. The predicted octanol–water partition coefficient (Wildman–Crippen LogP) is 5.49. The molecule has 1 aliphatic heterocycles. The number of halogens is 3. The summed E-state index contributed by atoms with van der Waals surface area (Å²) in [5, 5.41) is 2.49. The van der Waals surface area contributed by atoms with E-state index < -0.39 is 23.7 Å². The first-order valence-electron chi connectivity index (χ1n) is 9.66. The van der Waals surface area contributed by atoms with Gasteiger partial charge in [-0.25, -0.2) is 14.1 Å². The highest BCUT2D eigenvalue weighted by Gasteiger charge is 2.37. The summed E-state index contributed by atoms with van der Waals surface area (Å²) in [7, 11) is 0. The number of nitrogens with zero attached hydrogens (tertiary/aromatic N) is 1. The van der Waals surface area contributed by atoms with Crippen molar-refractivity contribution in [3.05, 3.63) is 98.7 Å². The molecule has 6 nitrogen and oxygen atoms in total. The largest absolute Gasteiger partial charge is 0.488 e. The van der Waals surface area contributed by atoms with Crippen LogP contribution in [0, 0.1) is 5.82 Å². The predicted molar refractivity (Wildman–Crippen MR) is 125 cm³/mol. The second kappa shape index (κ2) is 9.56. The number of benzene rings is 3. The topological polar surface area (TPSA) is 75.7 Å². The van der Waals surface area contributed by atoms with Gasteiger partial charge in [-0.2, -0.15) is 0 Å². The molecule has 0 radical (unpaired) electrons. The van der Waals surface area contributed by atoms with Gasteiger partial charge >= 0.3 is 6.03 Å². The van der Waals surface area contributed by atoms with Crippen molar-refractivity contribution in [2.24, 2.45) is 0 Å². The molecule has 0 aromatic heterocycles. The average molecular weight is 530 g/mol. The van der Waals surface area contributed by atoms with Crippen molar-refractivity contribution in [2.45, 2.75) is 6.61 Å². The second-order valence-corrected chi connectivity index (χ2v) is 8.35. The summed E-state index contributed by atoms with van der Waals surface area (Å²) in [6, 6.07) is 16.4. The number of rotatable bonds is 5. The molecule has 1 N–H and O–H groups in total. The van der Waals surface area contributed by atoms with Crippen molar-refractivity contribution < 1.29 is 23.5 Å². The van der Waals surface area contributed by atoms with Crippen LogP contribution < -0.4 is 15.0 Å². The molecule has 9 heteroatoms. The van der Waals surface area contributed by atoms with Crippen LogP contribution in [0.2, 0.25) is 5.02 Å². The molecule has 1 aliphatic rings. The molecule has 0 unspecified atom stereocenters. The highest BCUT2D eigenvalue weighted by molar-refractivity contribution is 9.10. The molecule has 1 saturated heterocycles. The Morgan fingerprint density at radius 3 is 2.58 bits per heavy atom. The van der Waals surface area contributed by atoms with Gasteiger partial charge < -0.3 is 4.74 Å². The summed E-state index contributed by atoms with van der Waals surface area (Å²) in [4.78, 5) is 38.8. The van der Waals surface area contributed by atoms with E-state index in [1.54, 1.807) is 48.5 Å². The highest BCUT2D eigenvalue weighted by atomic mass is 79.9. The number of imide groups is 2. The molecule has 4 rings (SSSR count). The zero-order chi connectivity index (χ0) is 23.5. The van der Waals surface area contributed by atoms with Gasteiger partial charge in [0.15, 0.2) is 0 Å². The van der Waals surface area contributed by atoms with E-state index in [1.165, 1.54) is 24.3 Å². The number of carbonyl (C=O) groups excluding carboxylic acids is 3. The minimum Gasteiger partial charge on any atom is -0.488 e. The number of hydrogen-bond acceptors (Lipinski definition) is 4. The van der Waals surface area contributed by atoms with Gasteiger partial charge in [0.2, 0.25) is 0 Å². The molecular weight excluding hydrogens is 515 g/mol. The zero-order valence-electron chi connectivity index (χ0n) is 16.8. The van der Waals surface area contributed by atoms with Crippen molar-refractivity contribution in [3.63, 3.8) is 0 Å². The van der Waals surface area contributed by atoms with Crippen LogP contribution in [0.5, 0.6) is 5.75 Å². The number of carbonyl (C=O) groups is 3. The Morgan fingerprint density at radius 2 is 1.82 bits per heavy atom. The Morgan fingerprint density at radius 1 is 1.03 bits per heavy atom. The van der Waals surface area contributed by atoms with Crippen LogP contribution in [0.25, 0.3) is 6.08 Å². The fraction of sp³-hybridized carbons (Fsp3) is 0.0417. The quantitative estimate of drug-likeness (QED) is 0.350. The summed E-state index contributed by atoms with van der Waals surface area (Å²) in [6.07, 6.45) is 1.32. The van der Waals surface area contributed by atoms with Gasteiger partial charge in [0.05, 0.1) is 5.69 Å². The van der Waals surface area contributed by atoms with Crippen LogP contribution >= 0.6 is 27.5 Å². The summed E-state index contributed by atoms with van der Waals surface area (Å²) in [5.74, 6) is -1.75. The summed E-state index contributed by atoms with van der Waals surface area (Å²) in [5.41, 5.74) is 0.680. The monoisotopic (exact) mass is 528 g/mol. The minimum absolute atomic E-state index is 0.0578. The Labute approximate surface area is 201 Å². The Hall–Kier alpha value is -3.49. The number of hydrogen-bond donors (Lipinski definition) is 1. The molecule has 33 heavy (non-hydrogen) atoms. The molecule has 0 saturated carbocycles. The van der Waals surface area contributed by atoms with Gasteiger partial charge in [-0.3, -0.25) is 14.9 Å². The van der Waals surface area contributed by atoms with Gasteiger partial charge in [-0.15, -0.1) is 0 Å². The average Bonchev–Trinajstić information content (AvgIpc) is 2.77. The molecule has 0 aliphatic carbocycles. The summed E-state index contributed by atoms with van der Waals surface area (Å²) < 4.78 is 20.4. The molecular formula is C24H15BrClFN2O4. The van der Waals surface area contributed by atoms with Gasteiger partial charge in [-0.1, -0.05) is 51.8 Å². The molecule has 166 valence electrons. The van der Waals surface area contributed by atoms with E-state index in [0.717, 1.165) is 4.90 Å². The fourth-order valence-corrected chi connectivity index (χ4v) is 3.76. The smallest absolute Gasteiger partial charge is 0.335 e. The molecule has 1 heterocycles. The first-order valence-corrected chi connectivity index (χ1v) is 10.8. The fourth-order valence-electron chi connectivity index (χ4n) is 3.20. The van der Waals surface area contributed by atoms with Gasteiger partial charge in [0, 0.05) is 20.6 Å². The van der Waals surface area contributed by atoms with Crippen molar-refractivity contribution in [1.29, 1.82) is 0 Å². The maximum absolute atomic E-state index is 14.0. The van der Waals surface area contributed by atoms with E-state index in [4.69, 9.17) is 16.3 Å². The van der Waals surface area contributed by atoms with Crippen molar-refractivity contribution in [3.8, 4) is 5.75 Å². The molecule has 3 aromatic carbocycles. The van der Waals surface area contributed by atoms with Crippen LogP contribution in [-0.2, 0) is 16.2 Å². The van der Waals surface area contributed by atoms with E-state index in [-0.39, 0.29) is 17.9 Å². The molecule has 1 fully saturated rings. The Bertz CT molecular complexity index is 1310.